The van der Waals surface area contributed by atoms with Crippen LogP contribution in [0, 0.1) is 0 Å². The summed E-state index contributed by atoms with van der Waals surface area (Å²) in [6, 6.07) is 0. The van der Waals surface area contributed by atoms with Gasteiger partial charge in [-0.1, -0.05) is 192 Å². The Bertz CT molecular complexity index is 791. The third-order valence-electron chi connectivity index (χ3n) is 10.2. The Morgan fingerprint density at radius 3 is 1.04 bits per heavy atom. The van der Waals surface area contributed by atoms with Gasteiger partial charge in [0.25, 0.3) is 0 Å². The van der Waals surface area contributed by atoms with Gasteiger partial charge in [0.1, 0.15) is 6.61 Å². The van der Waals surface area contributed by atoms with Crippen LogP contribution in [0.15, 0.2) is 24.3 Å². The van der Waals surface area contributed by atoms with Gasteiger partial charge < -0.3 is 14.6 Å². The average Bonchev–Trinajstić information content (AvgIpc) is 3.15. The third-order valence-corrected chi connectivity index (χ3v) is 10.2. The zero-order valence-corrected chi connectivity index (χ0v) is 34.8. The molecule has 306 valence electrons. The highest BCUT2D eigenvalue weighted by Crippen LogP contribution is 2.15. The van der Waals surface area contributed by atoms with Crippen LogP contribution in [0.3, 0.4) is 0 Å². The lowest BCUT2D eigenvalue weighted by molar-refractivity contribution is -0.161. The Morgan fingerprint density at radius 1 is 0.423 bits per heavy atom. The number of allylic oxidation sites excluding steroid dienone is 4. The SMILES string of the molecule is CCCCCCCCC=CCCCCCCCCCCCCCC(=O)OC(CO)COC(=O)CCCCCCCCCC=CCCCCCCCC. The second kappa shape index (κ2) is 43.8. The maximum atomic E-state index is 12.2. The van der Waals surface area contributed by atoms with Crippen molar-refractivity contribution < 1.29 is 24.2 Å². The van der Waals surface area contributed by atoms with E-state index in [1.54, 1.807) is 0 Å². The van der Waals surface area contributed by atoms with E-state index >= 15 is 0 Å². The van der Waals surface area contributed by atoms with Crippen molar-refractivity contribution in [1.29, 1.82) is 0 Å². The van der Waals surface area contributed by atoms with Crippen LogP contribution in [0.4, 0.5) is 0 Å². The molecule has 0 fully saturated rings. The minimum Gasteiger partial charge on any atom is -0.462 e. The lowest BCUT2D eigenvalue weighted by atomic mass is 10.0. The zero-order chi connectivity index (χ0) is 37.8. The molecule has 0 amide bonds. The maximum Gasteiger partial charge on any atom is 0.306 e. The first-order valence-electron chi connectivity index (χ1n) is 22.9. The number of aliphatic hydroxyl groups excluding tert-OH is 1. The van der Waals surface area contributed by atoms with Crippen molar-refractivity contribution >= 4 is 11.9 Å². The minimum atomic E-state index is -0.770. The van der Waals surface area contributed by atoms with Gasteiger partial charge in [-0.2, -0.15) is 0 Å². The molecule has 0 saturated heterocycles. The number of ether oxygens (including phenoxy) is 2. The predicted molar refractivity (Wildman–Crippen MR) is 224 cm³/mol. The molecule has 0 aromatic rings. The number of rotatable bonds is 42. The van der Waals surface area contributed by atoms with Crippen molar-refractivity contribution in [3.05, 3.63) is 24.3 Å². The summed E-state index contributed by atoms with van der Waals surface area (Å²) in [5.74, 6) is -0.586. The van der Waals surface area contributed by atoms with Crippen molar-refractivity contribution in [1.82, 2.24) is 0 Å². The van der Waals surface area contributed by atoms with Gasteiger partial charge in [-0.05, 0) is 64.2 Å². The molecule has 0 aromatic heterocycles. The van der Waals surface area contributed by atoms with Crippen molar-refractivity contribution in [3.8, 4) is 0 Å². The van der Waals surface area contributed by atoms with Crippen molar-refractivity contribution in [2.24, 2.45) is 0 Å². The van der Waals surface area contributed by atoms with Crippen LogP contribution in [0.5, 0.6) is 0 Å². The third kappa shape index (κ3) is 41.1. The molecule has 1 unspecified atom stereocenters. The number of hydrogen-bond donors (Lipinski definition) is 1. The fraction of sp³-hybridized carbons (Fsp3) is 0.872. The van der Waals surface area contributed by atoms with Crippen LogP contribution >= 0.6 is 0 Å². The van der Waals surface area contributed by atoms with E-state index in [0.29, 0.717) is 12.8 Å². The molecule has 0 aliphatic carbocycles. The standard InChI is InChI=1S/C47H88O5/c1-3-5-7-9-11-13-15-17-19-21-22-23-24-26-28-30-32-34-36-38-40-42-47(50)52-45(43-48)44-51-46(49)41-39-37-35-33-31-29-27-25-20-18-16-14-12-10-8-6-4-2/h17-20,45,48H,3-16,21-44H2,1-2H3. The quantitative estimate of drug-likeness (QED) is 0.0384. The number of esters is 2. The second-order valence-corrected chi connectivity index (χ2v) is 15.5. The van der Waals surface area contributed by atoms with Crippen LogP contribution < -0.4 is 0 Å². The topological polar surface area (TPSA) is 72.8 Å². The van der Waals surface area contributed by atoms with Gasteiger partial charge in [-0.25, -0.2) is 0 Å². The molecule has 0 heterocycles. The summed E-state index contributed by atoms with van der Waals surface area (Å²) in [6.07, 6.45) is 52.5. The summed E-state index contributed by atoms with van der Waals surface area (Å²) in [6.45, 7) is 4.15. The van der Waals surface area contributed by atoms with Crippen LogP contribution in [0.1, 0.15) is 245 Å². The van der Waals surface area contributed by atoms with Crippen molar-refractivity contribution in [2.45, 2.75) is 251 Å². The monoisotopic (exact) mass is 733 g/mol. The van der Waals surface area contributed by atoms with E-state index in [0.717, 1.165) is 38.5 Å². The highest BCUT2D eigenvalue weighted by Gasteiger charge is 2.16. The Morgan fingerprint density at radius 2 is 0.712 bits per heavy atom. The highest BCUT2D eigenvalue weighted by atomic mass is 16.6. The van der Waals surface area contributed by atoms with Gasteiger partial charge in [-0.15, -0.1) is 0 Å². The number of unbranched alkanes of at least 4 members (excludes halogenated alkanes) is 30. The molecule has 5 nitrogen and oxygen atoms in total. The number of carbonyl (C=O) groups excluding carboxylic acids is 2. The Hall–Kier alpha value is -1.62. The average molecular weight is 733 g/mol. The molecule has 52 heavy (non-hydrogen) atoms. The van der Waals surface area contributed by atoms with E-state index < -0.39 is 6.10 Å². The van der Waals surface area contributed by atoms with Gasteiger partial charge in [0.15, 0.2) is 6.10 Å². The van der Waals surface area contributed by atoms with Crippen LogP contribution in [-0.2, 0) is 19.1 Å². The van der Waals surface area contributed by atoms with Crippen molar-refractivity contribution in [3.63, 3.8) is 0 Å². The molecule has 0 bridgehead atoms. The van der Waals surface area contributed by atoms with E-state index in [9.17, 15) is 14.7 Å². The fourth-order valence-corrected chi connectivity index (χ4v) is 6.72. The van der Waals surface area contributed by atoms with E-state index in [1.165, 1.54) is 180 Å². The number of hydrogen-bond acceptors (Lipinski definition) is 5. The molecule has 0 radical (unpaired) electrons. The molecule has 0 aromatic carbocycles. The fourth-order valence-electron chi connectivity index (χ4n) is 6.72. The van der Waals surface area contributed by atoms with E-state index in [4.69, 9.17) is 9.47 Å². The zero-order valence-electron chi connectivity index (χ0n) is 34.8. The van der Waals surface area contributed by atoms with Gasteiger partial charge in [0.2, 0.25) is 0 Å². The molecule has 0 aliphatic heterocycles. The van der Waals surface area contributed by atoms with Crippen molar-refractivity contribution in [2.75, 3.05) is 13.2 Å². The molecular formula is C47H88O5. The molecule has 0 aliphatic rings. The van der Waals surface area contributed by atoms with E-state index in [1.807, 2.05) is 0 Å². The maximum absolute atomic E-state index is 12.2. The summed E-state index contributed by atoms with van der Waals surface area (Å²) >= 11 is 0. The molecule has 5 heteroatoms. The summed E-state index contributed by atoms with van der Waals surface area (Å²) in [4.78, 5) is 24.4. The van der Waals surface area contributed by atoms with Gasteiger partial charge >= 0.3 is 11.9 Å². The first kappa shape index (κ1) is 50.4. The van der Waals surface area contributed by atoms with Crippen LogP contribution in [0.25, 0.3) is 0 Å². The largest absolute Gasteiger partial charge is 0.462 e. The first-order chi connectivity index (χ1) is 25.6. The molecule has 1 atom stereocenters. The Balaban J connectivity index is 3.50. The molecule has 0 rings (SSSR count). The van der Waals surface area contributed by atoms with E-state index in [-0.39, 0.29) is 25.2 Å². The Kier molecular flexibility index (Phi) is 42.4. The lowest BCUT2D eigenvalue weighted by Crippen LogP contribution is -2.28. The molecule has 1 N–H and O–H groups in total. The number of aliphatic hydroxyl groups is 1. The number of carbonyl (C=O) groups is 2. The molecular weight excluding hydrogens is 645 g/mol. The predicted octanol–water partition coefficient (Wildman–Crippen LogP) is 14.6. The summed E-state index contributed by atoms with van der Waals surface area (Å²) in [7, 11) is 0. The Labute approximate surface area is 323 Å². The first-order valence-corrected chi connectivity index (χ1v) is 22.9. The van der Waals surface area contributed by atoms with Gasteiger partial charge in [0.05, 0.1) is 6.61 Å². The molecule has 0 spiro atoms. The van der Waals surface area contributed by atoms with Gasteiger partial charge in [-0.3, -0.25) is 9.59 Å². The van der Waals surface area contributed by atoms with Crippen LogP contribution in [-0.4, -0.2) is 36.4 Å². The smallest absolute Gasteiger partial charge is 0.306 e. The normalized spacial score (nSPS) is 12.3. The summed E-state index contributed by atoms with van der Waals surface area (Å²) in [5, 5.41) is 9.59. The second-order valence-electron chi connectivity index (χ2n) is 15.5. The minimum absolute atomic E-state index is 0.0646. The lowest BCUT2D eigenvalue weighted by Gasteiger charge is -2.15. The highest BCUT2D eigenvalue weighted by molar-refractivity contribution is 5.70. The molecule has 0 saturated carbocycles. The van der Waals surface area contributed by atoms with Crippen LogP contribution in [0.2, 0.25) is 0 Å². The van der Waals surface area contributed by atoms with Gasteiger partial charge in [0, 0.05) is 12.8 Å². The van der Waals surface area contributed by atoms with E-state index in [2.05, 4.69) is 38.2 Å². The summed E-state index contributed by atoms with van der Waals surface area (Å²) < 4.78 is 10.6. The summed E-state index contributed by atoms with van der Waals surface area (Å²) in [5.41, 5.74) is 0.